The summed E-state index contributed by atoms with van der Waals surface area (Å²) >= 11 is 0. The van der Waals surface area contributed by atoms with Gasteiger partial charge >= 0.3 is 5.70 Å². The number of rotatable bonds is 5. The number of nitrogens with one attached hydrogen (secondary N) is 1. The lowest BCUT2D eigenvalue weighted by Gasteiger charge is -2.19. The first kappa shape index (κ1) is 22.0. The summed E-state index contributed by atoms with van der Waals surface area (Å²) in [6, 6.07) is 7.66. The first-order chi connectivity index (χ1) is 15.2. The number of benzene rings is 2. The summed E-state index contributed by atoms with van der Waals surface area (Å²) in [5.74, 6) is -5.85. The molecule has 0 aromatic heterocycles. The SMILES string of the molecule is N#Cc1c(F)c(F)c(C(=C2NCCN2Cc2ccc([N+](=O)[O-])cc2)[N+](=O)[O-])c(C#N)c1F. The molecule has 1 heterocycles. The van der Waals surface area contributed by atoms with Crippen LogP contribution in [0.2, 0.25) is 0 Å². The van der Waals surface area contributed by atoms with Gasteiger partial charge in [0.15, 0.2) is 23.3 Å². The van der Waals surface area contributed by atoms with E-state index >= 15 is 0 Å². The van der Waals surface area contributed by atoms with Gasteiger partial charge in [-0.05, 0) is 5.56 Å². The van der Waals surface area contributed by atoms with Crippen molar-refractivity contribution in [1.82, 2.24) is 10.2 Å². The van der Waals surface area contributed by atoms with Crippen molar-refractivity contribution in [2.45, 2.75) is 6.54 Å². The van der Waals surface area contributed by atoms with Crippen molar-refractivity contribution in [3.63, 3.8) is 0 Å². The number of nitro groups is 2. The highest BCUT2D eigenvalue weighted by atomic mass is 19.2. The van der Waals surface area contributed by atoms with Crippen molar-refractivity contribution in [3.8, 4) is 12.1 Å². The molecule has 0 bridgehead atoms. The predicted molar refractivity (Wildman–Crippen MR) is 101 cm³/mol. The molecule has 162 valence electrons. The zero-order chi connectivity index (χ0) is 23.6. The quantitative estimate of drug-likeness (QED) is 0.420. The van der Waals surface area contributed by atoms with Crippen LogP contribution in [0.25, 0.3) is 5.70 Å². The highest BCUT2D eigenvalue weighted by Crippen LogP contribution is 2.33. The van der Waals surface area contributed by atoms with E-state index in [1.54, 1.807) is 0 Å². The molecule has 13 heteroatoms. The zero-order valence-corrected chi connectivity index (χ0v) is 15.9. The minimum atomic E-state index is -1.95. The zero-order valence-electron chi connectivity index (χ0n) is 15.9. The standard InChI is InChI=1S/C19H11F3N6O4/c20-15-12(7-23)14(17(22)16(21)13(15)8-24)18(28(31)32)19-25-5-6-26(19)9-10-1-3-11(4-2-10)27(29)30/h1-4,25H,5-6,9H2. The van der Waals surface area contributed by atoms with E-state index in [1.165, 1.54) is 35.2 Å². The number of hydrogen-bond acceptors (Lipinski definition) is 8. The molecule has 2 aromatic rings. The van der Waals surface area contributed by atoms with Gasteiger partial charge in [0.1, 0.15) is 28.8 Å². The Hall–Kier alpha value is -4.65. The Kier molecular flexibility index (Phi) is 5.93. The summed E-state index contributed by atoms with van der Waals surface area (Å²) < 4.78 is 43.4. The van der Waals surface area contributed by atoms with Crippen molar-refractivity contribution in [2.75, 3.05) is 13.1 Å². The highest BCUT2D eigenvalue weighted by molar-refractivity contribution is 5.69. The summed E-state index contributed by atoms with van der Waals surface area (Å²) in [4.78, 5) is 22.3. The van der Waals surface area contributed by atoms with Crippen LogP contribution >= 0.6 is 0 Å². The fourth-order valence-electron chi connectivity index (χ4n) is 3.25. The van der Waals surface area contributed by atoms with E-state index in [0.717, 1.165) is 6.07 Å². The van der Waals surface area contributed by atoms with Crippen LogP contribution in [0.15, 0.2) is 30.1 Å². The number of nitro benzene ring substituents is 1. The molecule has 1 N–H and O–H groups in total. The monoisotopic (exact) mass is 444 g/mol. The van der Waals surface area contributed by atoms with E-state index in [9.17, 15) is 38.7 Å². The highest BCUT2D eigenvalue weighted by Gasteiger charge is 2.37. The maximum Gasteiger partial charge on any atom is 0.320 e. The third kappa shape index (κ3) is 3.75. The molecule has 0 amide bonds. The Bertz CT molecular complexity index is 1250. The van der Waals surface area contributed by atoms with Crippen LogP contribution in [0, 0.1) is 60.3 Å². The van der Waals surface area contributed by atoms with Crippen LogP contribution in [0.4, 0.5) is 18.9 Å². The molecule has 0 saturated carbocycles. The molecule has 2 aromatic carbocycles. The number of halogens is 3. The van der Waals surface area contributed by atoms with Crippen molar-refractivity contribution in [1.29, 1.82) is 10.5 Å². The van der Waals surface area contributed by atoms with Gasteiger partial charge in [-0.2, -0.15) is 10.5 Å². The minimum Gasteiger partial charge on any atom is -0.364 e. The second-order valence-electron chi connectivity index (χ2n) is 6.52. The Morgan fingerprint density at radius 2 is 1.66 bits per heavy atom. The Balaban J connectivity index is 2.16. The molecule has 0 atom stereocenters. The molecular formula is C19H11F3N6O4. The van der Waals surface area contributed by atoms with E-state index in [2.05, 4.69) is 5.32 Å². The largest absolute Gasteiger partial charge is 0.364 e. The lowest BCUT2D eigenvalue weighted by molar-refractivity contribution is -0.384. The fourth-order valence-corrected chi connectivity index (χ4v) is 3.25. The third-order valence-electron chi connectivity index (χ3n) is 4.70. The van der Waals surface area contributed by atoms with Crippen LogP contribution in [-0.2, 0) is 6.54 Å². The average molecular weight is 444 g/mol. The van der Waals surface area contributed by atoms with E-state index in [0.29, 0.717) is 5.56 Å². The van der Waals surface area contributed by atoms with Gasteiger partial charge in [-0.1, -0.05) is 12.1 Å². The molecule has 1 aliphatic heterocycles. The van der Waals surface area contributed by atoms with Gasteiger partial charge < -0.3 is 10.2 Å². The molecule has 32 heavy (non-hydrogen) atoms. The molecule has 0 aliphatic carbocycles. The lowest BCUT2D eigenvalue weighted by atomic mass is 9.99. The van der Waals surface area contributed by atoms with E-state index < -0.39 is 49.7 Å². The smallest absolute Gasteiger partial charge is 0.320 e. The number of nitriles is 2. The Morgan fingerprint density at radius 1 is 1.03 bits per heavy atom. The average Bonchev–Trinajstić information content (AvgIpc) is 3.20. The van der Waals surface area contributed by atoms with Crippen molar-refractivity contribution < 1.29 is 23.0 Å². The number of nitrogens with zero attached hydrogens (tertiary/aromatic N) is 5. The molecule has 10 nitrogen and oxygen atoms in total. The van der Waals surface area contributed by atoms with Crippen LogP contribution in [0.3, 0.4) is 0 Å². The first-order valence-electron chi connectivity index (χ1n) is 8.83. The minimum absolute atomic E-state index is 0.0115. The van der Waals surface area contributed by atoms with Gasteiger partial charge in [0, 0.05) is 31.8 Å². The molecule has 0 unspecified atom stereocenters. The van der Waals surface area contributed by atoms with Crippen molar-refractivity contribution in [3.05, 3.63) is 90.0 Å². The fraction of sp³-hybridized carbons (Fsp3) is 0.158. The van der Waals surface area contributed by atoms with E-state index in [4.69, 9.17) is 5.26 Å². The van der Waals surface area contributed by atoms with Crippen LogP contribution in [0.1, 0.15) is 22.3 Å². The molecule has 1 aliphatic rings. The third-order valence-corrected chi connectivity index (χ3v) is 4.70. The summed E-state index contributed by atoms with van der Waals surface area (Å²) in [6.07, 6.45) is 0. The molecule has 0 radical (unpaired) electrons. The van der Waals surface area contributed by atoms with Crippen LogP contribution < -0.4 is 5.32 Å². The summed E-state index contributed by atoms with van der Waals surface area (Å²) in [5.41, 5.74) is -4.50. The lowest BCUT2D eigenvalue weighted by Crippen LogP contribution is -2.24. The summed E-state index contributed by atoms with van der Waals surface area (Å²) in [5, 5.41) is 43.4. The Labute approximate surface area is 177 Å². The summed E-state index contributed by atoms with van der Waals surface area (Å²) in [6.45, 7) is 0.321. The van der Waals surface area contributed by atoms with Gasteiger partial charge in [0.25, 0.3) is 5.69 Å². The van der Waals surface area contributed by atoms with Crippen LogP contribution in [-0.4, -0.2) is 27.8 Å². The molecule has 0 spiro atoms. The van der Waals surface area contributed by atoms with Gasteiger partial charge in [-0.15, -0.1) is 0 Å². The molecule has 3 rings (SSSR count). The first-order valence-corrected chi connectivity index (χ1v) is 8.83. The number of hydrogen-bond donors (Lipinski definition) is 1. The van der Waals surface area contributed by atoms with E-state index in [1.807, 2.05) is 0 Å². The molecular weight excluding hydrogens is 433 g/mol. The maximum atomic E-state index is 14.7. The maximum absolute atomic E-state index is 14.7. The normalized spacial score (nSPS) is 14.3. The Morgan fingerprint density at radius 3 is 2.19 bits per heavy atom. The van der Waals surface area contributed by atoms with Gasteiger partial charge in [-0.25, -0.2) is 13.2 Å². The van der Waals surface area contributed by atoms with E-state index in [-0.39, 0.29) is 31.1 Å². The molecule has 1 fully saturated rings. The predicted octanol–water partition coefficient (Wildman–Crippen LogP) is 2.76. The van der Waals surface area contributed by atoms with Gasteiger partial charge in [0.2, 0.25) is 0 Å². The van der Waals surface area contributed by atoms with Crippen LogP contribution in [0.5, 0.6) is 0 Å². The second-order valence-corrected chi connectivity index (χ2v) is 6.52. The number of non-ortho nitro benzene ring substituents is 1. The topological polar surface area (TPSA) is 149 Å². The van der Waals surface area contributed by atoms with Crippen molar-refractivity contribution in [2.24, 2.45) is 0 Å². The molecule has 1 saturated heterocycles. The van der Waals surface area contributed by atoms with Gasteiger partial charge in [0.05, 0.1) is 9.85 Å². The van der Waals surface area contributed by atoms with Gasteiger partial charge in [-0.3, -0.25) is 20.2 Å². The van der Waals surface area contributed by atoms with Crippen molar-refractivity contribution >= 4 is 11.4 Å². The summed E-state index contributed by atoms with van der Waals surface area (Å²) in [7, 11) is 0. The second kappa shape index (κ2) is 8.61.